The number of amides is 1. The lowest BCUT2D eigenvalue weighted by molar-refractivity contribution is -0.136. The number of hydrogen-bond donors (Lipinski definition) is 0. The normalized spacial score (nSPS) is 18.8. The van der Waals surface area contributed by atoms with Crippen molar-refractivity contribution < 1.29 is 4.79 Å². The van der Waals surface area contributed by atoms with Gasteiger partial charge in [-0.25, -0.2) is 0 Å². The Kier molecular flexibility index (Phi) is 6.45. The molecular formula is C16H22Cl2N2OS. The molecule has 3 nitrogen and oxygen atoms in total. The van der Waals surface area contributed by atoms with Crippen LogP contribution in [0.4, 0.5) is 0 Å². The number of carbonyl (C=O) groups is 1. The second kappa shape index (κ2) is 7.91. The van der Waals surface area contributed by atoms with Gasteiger partial charge in [-0.05, 0) is 31.5 Å². The third-order valence-electron chi connectivity index (χ3n) is 4.29. The van der Waals surface area contributed by atoms with E-state index in [1.807, 2.05) is 44.8 Å². The molecule has 0 aliphatic carbocycles. The molecule has 1 heterocycles. The number of carbonyl (C=O) groups excluding carboxylic acids is 1. The fraction of sp³-hybridized carbons (Fsp3) is 0.562. The first-order valence-electron chi connectivity index (χ1n) is 7.45. The smallest absolute Gasteiger partial charge is 0.239 e. The van der Waals surface area contributed by atoms with Gasteiger partial charge in [0, 0.05) is 41.7 Å². The monoisotopic (exact) mass is 360 g/mol. The Morgan fingerprint density at radius 2 is 1.91 bits per heavy atom. The van der Waals surface area contributed by atoms with E-state index in [2.05, 4.69) is 4.90 Å². The Balaban J connectivity index is 2.08. The third kappa shape index (κ3) is 4.10. The number of rotatable bonds is 4. The summed E-state index contributed by atoms with van der Waals surface area (Å²) in [7, 11) is 1.84. The van der Waals surface area contributed by atoms with Crippen LogP contribution >= 0.6 is 35.0 Å². The molecule has 1 aromatic rings. The summed E-state index contributed by atoms with van der Waals surface area (Å²) in [6, 6.07) is 5.24. The van der Waals surface area contributed by atoms with E-state index in [-0.39, 0.29) is 18.0 Å². The minimum Gasteiger partial charge on any atom is -0.338 e. The summed E-state index contributed by atoms with van der Waals surface area (Å²) in [4.78, 5) is 16.8. The molecule has 0 spiro atoms. The molecule has 0 unspecified atom stereocenters. The van der Waals surface area contributed by atoms with E-state index < -0.39 is 0 Å². The number of likely N-dealkylation sites (N-methyl/N-ethyl adjacent to an activating group) is 1. The number of halogens is 2. The minimum absolute atomic E-state index is 0.0844. The lowest BCUT2D eigenvalue weighted by atomic mass is 10.1. The standard InChI is InChI=1S/C16H22Cl2N2OS/c1-11(14-5-4-13(17)10-15(14)18)19(3)16(21)12(2)20-6-8-22-9-7-20/h4-5,10-12H,6-9H2,1-3H3/t11-,12-/m0/s1. The second-order valence-electron chi connectivity index (χ2n) is 5.62. The van der Waals surface area contributed by atoms with Crippen LogP contribution in [-0.2, 0) is 4.79 Å². The van der Waals surface area contributed by atoms with E-state index >= 15 is 0 Å². The number of benzene rings is 1. The van der Waals surface area contributed by atoms with E-state index in [4.69, 9.17) is 23.2 Å². The van der Waals surface area contributed by atoms with Gasteiger partial charge in [-0.3, -0.25) is 9.69 Å². The molecule has 0 N–H and O–H groups in total. The van der Waals surface area contributed by atoms with Crippen molar-refractivity contribution in [3.05, 3.63) is 33.8 Å². The molecular weight excluding hydrogens is 339 g/mol. The first kappa shape index (κ1) is 17.9. The van der Waals surface area contributed by atoms with Crippen LogP contribution in [-0.4, -0.2) is 53.4 Å². The van der Waals surface area contributed by atoms with Gasteiger partial charge in [0.2, 0.25) is 5.91 Å². The third-order valence-corrected chi connectivity index (χ3v) is 5.80. The largest absolute Gasteiger partial charge is 0.338 e. The number of thioether (sulfide) groups is 1. The van der Waals surface area contributed by atoms with E-state index in [1.165, 1.54) is 0 Å². The topological polar surface area (TPSA) is 23.6 Å². The Morgan fingerprint density at radius 3 is 2.50 bits per heavy atom. The molecule has 2 atom stereocenters. The average molecular weight is 361 g/mol. The lowest BCUT2D eigenvalue weighted by Gasteiger charge is -2.35. The molecule has 6 heteroatoms. The zero-order valence-electron chi connectivity index (χ0n) is 13.2. The maximum atomic E-state index is 12.7. The molecule has 0 bridgehead atoms. The fourth-order valence-electron chi connectivity index (χ4n) is 2.66. The summed E-state index contributed by atoms with van der Waals surface area (Å²) < 4.78 is 0. The SMILES string of the molecule is C[C@@H](C(=O)N(C)[C@@H](C)c1ccc(Cl)cc1Cl)N1CCSCC1. The van der Waals surface area contributed by atoms with E-state index in [0.717, 1.165) is 30.2 Å². The molecule has 0 saturated carbocycles. The van der Waals surface area contributed by atoms with Crippen molar-refractivity contribution in [2.75, 3.05) is 31.6 Å². The molecule has 122 valence electrons. The van der Waals surface area contributed by atoms with Crippen molar-refractivity contribution in [1.29, 1.82) is 0 Å². The van der Waals surface area contributed by atoms with Crippen molar-refractivity contribution in [3.63, 3.8) is 0 Å². The highest BCUT2D eigenvalue weighted by Crippen LogP contribution is 2.29. The van der Waals surface area contributed by atoms with Gasteiger partial charge < -0.3 is 4.90 Å². The molecule has 1 amide bonds. The quantitative estimate of drug-likeness (QED) is 0.811. The van der Waals surface area contributed by atoms with Gasteiger partial charge in [0.1, 0.15) is 0 Å². The Hall–Kier alpha value is -0.420. The Morgan fingerprint density at radius 1 is 1.27 bits per heavy atom. The number of nitrogens with zero attached hydrogens (tertiary/aromatic N) is 2. The average Bonchev–Trinajstić information content (AvgIpc) is 2.53. The minimum atomic E-state index is -0.0978. The molecule has 0 radical (unpaired) electrons. The van der Waals surface area contributed by atoms with Crippen LogP contribution < -0.4 is 0 Å². The molecule has 1 aliphatic heterocycles. The molecule has 1 fully saturated rings. The predicted molar refractivity (Wildman–Crippen MR) is 96.0 cm³/mol. The van der Waals surface area contributed by atoms with Gasteiger partial charge in [0.05, 0.1) is 12.1 Å². The van der Waals surface area contributed by atoms with Crippen molar-refractivity contribution in [1.82, 2.24) is 9.80 Å². The van der Waals surface area contributed by atoms with Crippen LogP contribution in [0.3, 0.4) is 0 Å². The van der Waals surface area contributed by atoms with Crippen LogP contribution in [0.15, 0.2) is 18.2 Å². The van der Waals surface area contributed by atoms with Crippen LogP contribution in [0.1, 0.15) is 25.5 Å². The van der Waals surface area contributed by atoms with Crippen LogP contribution in [0.25, 0.3) is 0 Å². The summed E-state index contributed by atoms with van der Waals surface area (Å²) in [5.41, 5.74) is 0.920. The first-order valence-corrected chi connectivity index (χ1v) is 9.36. The molecule has 22 heavy (non-hydrogen) atoms. The summed E-state index contributed by atoms with van der Waals surface area (Å²) in [6.45, 7) is 5.93. The zero-order valence-corrected chi connectivity index (χ0v) is 15.5. The summed E-state index contributed by atoms with van der Waals surface area (Å²) in [5.74, 6) is 2.32. The van der Waals surface area contributed by atoms with Crippen LogP contribution in [0.2, 0.25) is 10.0 Å². The maximum absolute atomic E-state index is 12.7. The number of hydrogen-bond acceptors (Lipinski definition) is 3. The molecule has 1 saturated heterocycles. The van der Waals surface area contributed by atoms with E-state index in [1.54, 1.807) is 11.0 Å². The second-order valence-corrected chi connectivity index (χ2v) is 7.68. The fourth-order valence-corrected chi connectivity index (χ4v) is 4.15. The van der Waals surface area contributed by atoms with Gasteiger partial charge >= 0.3 is 0 Å². The van der Waals surface area contributed by atoms with E-state index in [0.29, 0.717) is 10.0 Å². The highest BCUT2D eigenvalue weighted by molar-refractivity contribution is 7.99. The maximum Gasteiger partial charge on any atom is 0.239 e. The summed E-state index contributed by atoms with van der Waals surface area (Å²) in [6.07, 6.45) is 0. The van der Waals surface area contributed by atoms with Gasteiger partial charge in [0.25, 0.3) is 0 Å². The molecule has 2 rings (SSSR count). The summed E-state index contributed by atoms with van der Waals surface area (Å²) >= 11 is 14.2. The van der Waals surface area contributed by atoms with Crippen molar-refractivity contribution in [3.8, 4) is 0 Å². The molecule has 0 aromatic heterocycles. The van der Waals surface area contributed by atoms with Gasteiger partial charge in [0.15, 0.2) is 0 Å². The van der Waals surface area contributed by atoms with Crippen molar-refractivity contribution in [2.24, 2.45) is 0 Å². The van der Waals surface area contributed by atoms with Gasteiger partial charge in [-0.15, -0.1) is 0 Å². The summed E-state index contributed by atoms with van der Waals surface area (Å²) in [5, 5.41) is 1.20. The predicted octanol–water partition coefficient (Wildman–Crippen LogP) is 3.95. The van der Waals surface area contributed by atoms with Crippen molar-refractivity contribution >= 4 is 40.9 Å². The molecule has 1 aromatic carbocycles. The highest BCUT2D eigenvalue weighted by Gasteiger charge is 2.28. The Bertz CT molecular complexity index is 535. The van der Waals surface area contributed by atoms with Gasteiger partial charge in [-0.1, -0.05) is 29.3 Å². The van der Waals surface area contributed by atoms with Crippen LogP contribution in [0.5, 0.6) is 0 Å². The van der Waals surface area contributed by atoms with Crippen LogP contribution in [0, 0.1) is 0 Å². The Labute approximate surface area is 146 Å². The lowest BCUT2D eigenvalue weighted by Crippen LogP contribution is -2.49. The van der Waals surface area contributed by atoms with Crippen molar-refractivity contribution in [2.45, 2.75) is 25.9 Å². The molecule has 1 aliphatic rings. The zero-order chi connectivity index (χ0) is 16.3. The highest BCUT2D eigenvalue weighted by atomic mass is 35.5. The van der Waals surface area contributed by atoms with Gasteiger partial charge in [-0.2, -0.15) is 11.8 Å². The first-order chi connectivity index (χ1) is 10.4. The van der Waals surface area contributed by atoms with E-state index in [9.17, 15) is 4.79 Å².